The van der Waals surface area contributed by atoms with Crippen molar-refractivity contribution in [2.75, 3.05) is 6.54 Å². The summed E-state index contributed by atoms with van der Waals surface area (Å²) in [7, 11) is 0. The average molecular weight is 362 g/mol. The van der Waals surface area contributed by atoms with E-state index in [1.165, 1.54) is 12.1 Å². The maximum absolute atomic E-state index is 12.7. The summed E-state index contributed by atoms with van der Waals surface area (Å²) in [4.78, 5) is 4.30. The molecule has 0 unspecified atom stereocenters. The molecule has 2 aromatic carbocycles. The van der Waals surface area contributed by atoms with Gasteiger partial charge in [0.05, 0.1) is 5.56 Å². The number of nitrogens with zero attached hydrogens (tertiary/aromatic N) is 1. The van der Waals surface area contributed by atoms with E-state index >= 15 is 0 Å². The lowest BCUT2D eigenvalue weighted by Gasteiger charge is -2.09. The Morgan fingerprint density at radius 3 is 2.56 bits per heavy atom. The van der Waals surface area contributed by atoms with Gasteiger partial charge in [-0.1, -0.05) is 36.4 Å². The summed E-state index contributed by atoms with van der Waals surface area (Å²) in [5, 5.41) is 6.20. The van der Waals surface area contributed by atoms with Gasteiger partial charge in [0, 0.05) is 23.7 Å². The third-order valence-electron chi connectivity index (χ3n) is 3.78. The predicted molar refractivity (Wildman–Crippen MR) is 94.4 cm³/mol. The molecule has 0 aliphatic rings. The van der Waals surface area contributed by atoms with Gasteiger partial charge in [0.25, 0.3) is 0 Å². The SMILES string of the molecule is FC(F)(F)c1cccc(CCNCc2cccc(-c3nccs3)c2)c1. The molecule has 2 nitrogen and oxygen atoms in total. The zero-order valence-electron chi connectivity index (χ0n) is 13.4. The van der Waals surface area contributed by atoms with Crippen LogP contribution in [0.2, 0.25) is 0 Å². The topological polar surface area (TPSA) is 24.9 Å². The van der Waals surface area contributed by atoms with Gasteiger partial charge in [-0.2, -0.15) is 13.2 Å². The second-order valence-electron chi connectivity index (χ2n) is 5.66. The first kappa shape index (κ1) is 17.6. The highest BCUT2D eigenvalue weighted by Crippen LogP contribution is 2.29. The fourth-order valence-electron chi connectivity index (χ4n) is 2.55. The molecule has 1 N–H and O–H groups in total. The van der Waals surface area contributed by atoms with Gasteiger partial charge in [-0.05, 0) is 36.2 Å². The van der Waals surface area contributed by atoms with Crippen LogP contribution in [0.25, 0.3) is 10.6 Å². The molecule has 0 bridgehead atoms. The van der Waals surface area contributed by atoms with Crippen LogP contribution in [0.4, 0.5) is 13.2 Å². The first-order chi connectivity index (χ1) is 12.0. The number of hydrogen-bond donors (Lipinski definition) is 1. The molecule has 130 valence electrons. The summed E-state index contributed by atoms with van der Waals surface area (Å²) in [5.41, 5.74) is 2.28. The number of benzene rings is 2. The van der Waals surface area contributed by atoms with Crippen LogP contribution in [-0.2, 0) is 19.1 Å². The molecule has 1 aromatic heterocycles. The molecule has 0 atom stereocenters. The molecule has 3 rings (SSSR count). The minimum absolute atomic E-state index is 0.552. The number of rotatable bonds is 6. The predicted octanol–water partition coefficient (Wildman–Crippen LogP) is 5.16. The highest BCUT2D eigenvalue weighted by atomic mass is 32.1. The zero-order valence-corrected chi connectivity index (χ0v) is 14.2. The Labute approximate surface area is 148 Å². The summed E-state index contributed by atoms with van der Waals surface area (Å²) in [6.07, 6.45) is -1.96. The summed E-state index contributed by atoms with van der Waals surface area (Å²) in [6, 6.07) is 13.6. The van der Waals surface area contributed by atoms with E-state index in [1.54, 1.807) is 23.6 Å². The number of alkyl halides is 3. The fraction of sp³-hybridized carbons (Fsp3) is 0.211. The van der Waals surface area contributed by atoms with Gasteiger partial charge in [0.1, 0.15) is 5.01 Å². The molecular formula is C19H17F3N2S. The smallest absolute Gasteiger partial charge is 0.312 e. The third-order valence-corrected chi connectivity index (χ3v) is 4.60. The van der Waals surface area contributed by atoms with E-state index in [-0.39, 0.29) is 0 Å². The third kappa shape index (κ3) is 4.90. The van der Waals surface area contributed by atoms with Crippen molar-refractivity contribution < 1.29 is 13.2 Å². The largest absolute Gasteiger partial charge is 0.416 e. The van der Waals surface area contributed by atoms with E-state index in [0.29, 0.717) is 25.1 Å². The standard InChI is InChI=1S/C19H17F3N2S/c20-19(21,22)17-6-2-3-14(12-17)7-8-23-13-15-4-1-5-16(11-15)18-24-9-10-25-18/h1-6,9-12,23H,7-8,13H2. The first-order valence-electron chi connectivity index (χ1n) is 7.88. The van der Waals surface area contributed by atoms with Gasteiger partial charge in [-0.15, -0.1) is 11.3 Å². The monoisotopic (exact) mass is 362 g/mol. The van der Waals surface area contributed by atoms with Crippen LogP contribution in [0.5, 0.6) is 0 Å². The van der Waals surface area contributed by atoms with Crippen LogP contribution in [0, 0.1) is 0 Å². The van der Waals surface area contributed by atoms with Gasteiger partial charge < -0.3 is 5.32 Å². The zero-order chi connectivity index (χ0) is 17.7. The molecule has 0 spiro atoms. The molecule has 0 saturated carbocycles. The van der Waals surface area contributed by atoms with Crippen LogP contribution in [0.1, 0.15) is 16.7 Å². The van der Waals surface area contributed by atoms with Gasteiger partial charge >= 0.3 is 6.18 Å². The Hall–Kier alpha value is -2.18. The number of nitrogens with one attached hydrogen (secondary N) is 1. The number of hydrogen-bond acceptors (Lipinski definition) is 3. The Morgan fingerprint density at radius 2 is 1.80 bits per heavy atom. The van der Waals surface area contributed by atoms with Gasteiger partial charge in [-0.3, -0.25) is 0 Å². The van der Waals surface area contributed by atoms with Gasteiger partial charge in [-0.25, -0.2) is 4.98 Å². The molecule has 25 heavy (non-hydrogen) atoms. The van der Waals surface area contributed by atoms with E-state index < -0.39 is 11.7 Å². The lowest BCUT2D eigenvalue weighted by molar-refractivity contribution is -0.137. The molecule has 0 fully saturated rings. The van der Waals surface area contributed by atoms with E-state index in [9.17, 15) is 13.2 Å². The van der Waals surface area contributed by atoms with Crippen LogP contribution in [0.3, 0.4) is 0 Å². The molecule has 0 radical (unpaired) electrons. The Balaban J connectivity index is 1.53. The fourth-order valence-corrected chi connectivity index (χ4v) is 3.18. The minimum Gasteiger partial charge on any atom is -0.312 e. The van der Waals surface area contributed by atoms with Crippen molar-refractivity contribution in [3.63, 3.8) is 0 Å². The Morgan fingerprint density at radius 1 is 1.00 bits per heavy atom. The molecule has 0 aliphatic carbocycles. The second kappa shape index (κ2) is 7.80. The van der Waals surface area contributed by atoms with Crippen molar-refractivity contribution in [3.8, 4) is 10.6 Å². The van der Waals surface area contributed by atoms with Gasteiger partial charge in [0.15, 0.2) is 0 Å². The van der Waals surface area contributed by atoms with Crippen LogP contribution in [0.15, 0.2) is 60.1 Å². The number of aromatic nitrogens is 1. The van der Waals surface area contributed by atoms with Gasteiger partial charge in [0.2, 0.25) is 0 Å². The highest BCUT2D eigenvalue weighted by Gasteiger charge is 2.30. The molecule has 6 heteroatoms. The quantitative estimate of drug-likeness (QED) is 0.613. The van der Waals surface area contributed by atoms with Crippen molar-refractivity contribution in [2.24, 2.45) is 0 Å². The maximum Gasteiger partial charge on any atom is 0.416 e. The molecule has 3 aromatic rings. The molecule has 0 amide bonds. The molecular weight excluding hydrogens is 345 g/mol. The molecule has 1 heterocycles. The minimum atomic E-state index is -4.29. The van der Waals surface area contributed by atoms with Crippen molar-refractivity contribution >= 4 is 11.3 Å². The Kier molecular flexibility index (Phi) is 5.50. The van der Waals surface area contributed by atoms with E-state index in [2.05, 4.69) is 16.4 Å². The van der Waals surface area contributed by atoms with Crippen molar-refractivity contribution in [1.29, 1.82) is 0 Å². The maximum atomic E-state index is 12.7. The van der Waals surface area contributed by atoms with Crippen LogP contribution in [-0.4, -0.2) is 11.5 Å². The lowest BCUT2D eigenvalue weighted by atomic mass is 10.1. The molecule has 0 saturated heterocycles. The lowest BCUT2D eigenvalue weighted by Crippen LogP contribution is -2.17. The number of halogens is 3. The first-order valence-corrected chi connectivity index (χ1v) is 8.76. The summed E-state index contributed by atoms with van der Waals surface area (Å²) < 4.78 is 38.1. The average Bonchev–Trinajstić information content (AvgIpc) is 3.13. The van der Waals surface area contributed by atoms with Crippen molar-refractivity contribution in [3.05, 3.63) is 76.8 Å². The summed E-state index contributed by atoms with van der Waals surface area (Å²) in [6.45, 7) is 1.28. The normalized spacial score (nSPS) is 11.6. The van der Waals surface area contributed by atoms with Crippen molar-refractivity contribution in [1.82, 2.24) is 10.3 Å². The summed E-state index contributed by atoms with van der Waals surface area (Å²) in [5.74, 6) is 0. The summed E-state index contributed by atoms with van der Waals surface area (Å²) >= 11 is 1.59. The van der Waals surface area contributed by atoms with Crippen molar-refractivity contribution in [2.45, 2.75) is 19.1 Å². The molecule has 0 aliphatic heterocycles. The van der Waals surface area contributed by atoms with E-state index in [0.717, 1.165) is 22.2 Å². The number of thiazole rings is 1. The van der Waals surface area contributed by atoms with Crippen LogP contribution >= 0.6 is 11.3 Å². The van der Waals surface area contributed by atoms with E-state index in [1.807, 2.05) is 23.6 Å². The Bertz CT molecular complexity index is 814. The van der Waals surface area contributed by atoms with E-state index in [4.69, 9.17) is 0 Å². The van der Waals surface area contributed by atoms with Crippen LogP contribution < -0.4 is 5.32 Å². The second-order valence-corrected chi connectivity index (χ2v) is 6.56. The highest BCUT2D eigenvalue weighted by molar-refractivity contribution is 7.13.